The molecule has 0 saturated carbocycles. The number of carbonyl (C=O) groups excluding carboxylic acids is 1. The minimum atomic E-state index is -4.76. The van der Waals surface area contributed by atoms with Crippen LogP contribution < -0.4 is 15.8 Å². The van der Waals surface area contributed by atoms with Gasteiger partial charge >= 0.3 is 6.36 Å². The standard InChI is InChI=1S/C13H13F3N2O2/c14-13(15,16)20-11-3-1-2-10(7-11)18-12(19)8-4-5-9(17)6-8/h1-5,7-9H,6,17H2,(H,18,19). The van der Waals surface area contributed by atoms with E-state index in [9.17, 15) is 18.0 Å². The number of rotatable bonds is 3. The summed E-state index contributed by atoms with van der Waals surface area (Å²) in [5.74, 6) is -1.05. The van der Waals surface area contributed by atoms with E-state index in [0.717, 1.165) is 12.1 Å². The van der Waals surface area contributed by atoms with E-state index in [0.29, 0.717) is 6.42 Å². The van der Waals surface area contributed by atoms with Crippen molar-refractivity contribution >= 4 is 11.6 Å². The second-order valence-corrected chi connectivity index (χ2v) is 4.46. The van der Waals surface area contributed by atoms with Gasteiger partial charge < -0.3 is 15.8 Å². The monoisotopic (exact) mass is 286 g/mol. The average Bonchev–Trinajstić information content (AvgIpc) is 2.74. The van der Waals surface area contributed by atoms with Crippen molar-refractivity contribution in [2.75, 3.05) is 5.32 Å². The maximum Gasteiger partial charge on any atom is 0.573 e. The van der Waals surface area contributed by atoms with Crippen LogP contribution in [0.25, 0.3) is 0 Å². The number of alkyl halides is 3. The third-order valence-electron chi connectivity index (χ3n) is 2.79. The normalized spacial score (nSPS) is 21.8. The Labute approximate surface area is 113 Å². The van der Waals surface area contributed by atoms with Gasteiger partial charge in [-0.25, -0.2) is 0 Å². The molecule has 20 heavy (non-hydrogen) atoms. The van der Waals surface area contributed by atoms with Crippen molar-refractivity contribution in [3.05, 3.63) is 36.4 Å². The second kappa shape index (κ2) is 5.54. The minimum absolute atomic E-state index is 0.161. The number of ether oxygens (including phenoxy) is 1. The zero-order valence-corrected chi connectivity index (χ0v) is 10.4. The van der Waals surface area contributed by atoms with Gasteiger partial charge in [0.15, 0.2) is 0 Å². The predicted octanol–water partition coefficient (Wildman–Crippen LogP) is 2.43. The molecule has 1 aliphatic carbocycles. The maximum absolute atomic E-state index is 12.1. The van der Waals surface area contributed by atoms with Crippen LogP contribution in [0.4, 0.5) is 18.9 Å². The summed E-state index contributed by atoms with van der Waals surface area (Å²) in [5, 5.41) is 2.54. The summed E-state index contributed by atoms with van der Waals surface area (Å²) in [5.41, 5.74) is 5.88. The van der Waals surface area contributed by atoms with Crippen molar-refractivity contribution in [2.24, 2.45) is 11.7 Å². The van der Waals surface area contributed by atoms with E-state index in [2.05, 4.69) is 10.1 Å². The summed E-state index contributed by atoms with van der Waals surface area (Å²) in [6, 6.07) is 4.97. The van der Waals surface area contributed by atoms with Crippen molar-refractivity contribution in [1.29, 1.82) is 0 Å². The quantitative estimate of drug-likeness (QED) is 0.839. The van der Waals surface area contributed by atoms with Gasteiger partial charge in [-0.15, -0.1) is 13.2 Å². The number of nitrogens with one attached hydrogen (secondary N) is 1. The second-order valence-electron chi connectivity index (χ2n) is 4.46. The lowest BCUT2D eigenvalue weighted by Gasteiger charge is -2.12. The van der Waals surface area contributed by atoms with E-state index in [1.807, 2.05) is 0 Å². The summed E-state index contributed by atoms with van der Waals surface area (Å²) in [6.45, 7) is 0. The largest absolute Gasteiger partial charge is 0.573 e. The molecular formula is C13H13F3N2O2. The van der Waals surface area contributed by atoms with Crippen molar-refractivity contribution in [3.8, 4) is 5.75 Å². The highest BCUT2D eigenvalue weighted by atomic mass is 19.4. The molecule has 1 aliphatic rings. The summed E-state index contributed by atoms with van der Waals surface area (Å²) >= 11 is 0. The Morgan fingerprint density at radius 3 is 2.70 bits per heavy atom. The van der Waals surface area contributed by atoms with Gasteiger partial charge in [0.25, 0.3) is 0 Å². The molecule has 3 N–H and O–H groups in total. The van der Waals surface area contributed by atoms with E-state index in [1.54, 1.807) is 12.2 Å². The Hall–Kier alpha value is -2.02. The molecule has 0 bridgehead atoms. The fourth-order valence-electron chi connectivity index (χ4n) is 1.93. The Bertz CT molecular complexity index is 529. The van der Waals surface area contributed by atoms with Crippen molar-refractivity contribution in [2.45, 2.75) is 18.8 Å². The molecule has 1 aromatic rings. The van der Waals surface area contributed by atoms with Crippen LogP contribution in [0.15, 0.2) is 36.4 Å². The topological polar surface area (TPSA) is 64.4 Å². The highest BCUT2D eigenvalue weighted by molar-refractivity contribution is 5.94. The van der Waals surface area contributed by atoms with E-state index in [4.69, 9.17) is 5.73 Å². The highest BCUT2D eigenvalue weighted by Crippen LogP contribution is 2.26. The number of hydrogen-bond acceptors (Lipinski definition) is 3. The molecule has 0 radical (unpaired) electrons. The molecule has 0 aliphatic heterocycles. The zero-order chi connectivity index (χ0) is 14.8. The van der Waals surface area contributed by atoms with E-state index in [-0.39, 0.29) is 29.3 Å². The molecule has 2 unspecified atom stereocenters. The summed E-state index contributed by atoms with van der Waals surface area (Å²) in [7, 11) is 0. The van der Waals surface area contributed by atoms with Crippen LogP contribution in [-0.2, 0) is 4.79 Å². The average molecular weight is 286 g/mol. The smallest absolute Gasteiger partial charge is 0.406 e. The number of anilines is 1. The molecular weight excluding hydrogens is 273 g/mol. The molecule has 2 atom stereocenters. The molecule has 0 saturated heterocycles. The van der Waals surface area contributed by atoms with E-state index in [1.165, 1.54) is 12.1 Å². The van der Waals surface area contributed by atoms with Crippen LogP contribution in [0.2, 0.25) is 0 Å². The van der Waals surface area contributed by atoms with Gasteiger partial charge in [0.2, 0.25) is 5.91 Å². The van der Waals surface area contributed by atoms with Crippen LogP contribution in [0.3, 0.4) is 0 Å². The summed E-state index contributed by atoms with van der Waals surface area (Å²) < 4.78 is 40.1. The number of halogens is 3. The first kappa shape index (κ1) is 14.4. The zero-order valence-electron chi connectivity index (χ0n) is 10.4. The van der Waals surface area contributed by atoms with Crippen molar-refractivity contribution in [1.82, 2.24) is 0 Å². The first-order valence-corrected chi connectivity index (χ1v) is 5.94. The Balaban J connectivity index is 2.01. The van der Waals surface area contributed by atoms with Gasteiger partial charge in [-0.1, -0.05) is 18.2 Å². The van der Waals surface area contributed by atoms with Crippen LogP contribution >= 0.6 is 0 Å². The summed E-state index contributed by atoms with van der Waals surface area (Å²) in [6.07, 6.45) is -0.850. The van der Waals surface area contributed by atoms with Gasteiger partial charge in [0.05, 0.1) is 5.92 Å². The molecule has 0 heterocycles. The fourth-order valence-corrected chi connectivity index (χ4v) is 1.93. The Kier molecular flexibility index (Phi) is 3.99. The fraction of sp³-hybridized carbons (Fsp3) is 0.308. The van der Waals surface area contributed by atoms with Crippen LogP contribution in [0.1, 0.15) is 6.42 Å². The third kappa shape index (κ3) is 3.99. The van der Waals surface area contributed by atoms with Crippen LogP contribution in [-0.4, -0.2) is 18.3 Å². The first-order valence-electron chi connectivity index (χ1n) is 5.94. The Morgan fingerprint density at radius 1 is 1.35 bits per heavy atom. The highest BCUT2D eigenvalue weighted by Gasteiger charge is 2.31. The number of amides is 1. The van der Waals surface area contributed by atoms with Crippen LogP contribution in [0.5, 0.6) is 5.75 Å². The molecule has 2 rings (SSSR count). The SMILES string of the molecule is NC1C=CC(C(=O)Nc2cccc(OC(F)(F)F)c2)C1. The van der Waals surface area contributed by atoms with Crippen LogP contribution in [0, 0.1) is 5.92 Å². The van der Waals surface area contributed by atoms with Gasteiger partial charge in [-0.2, -0.15) is 0 Å². The number of benzene rings is 1. The molecule has 1 aromatic carbocycles. The van der Waals surface area contributed by atoms with Gasteiger partial charge in [-0.3, -0.25) is 4.79 Å². The van der Waals surface area contributed by atoms with Gasteiger partial charge in [-0.05, 0) is 18.6 Å². The van der Waals surface area contributed by atoms with Gasteiger partial charge in [0.1, 0.15) is 5.75 Å². The van der Waals surface area contributed by atoms with Gasteiger partial charge in [0, 0.05) is 17.8 Å². The molecule has 108 valence electrons. The first-order chi connectivity index (χ1) is 9.33. The van der Waals surface area contributed by atoms with Crippen molar-refractivity contribution in [3.63, 3.8) is 0 Å². The molecule has 0 fully saturated rings. The lowest BCUT2D eigenvalue weighted by Crippen LogP contribution is -2.24. The lowest BCUT2D eigenvalue weighted by molar-refractivity contribution is -0.274. The van der Waals surface area contributed by atoms with E-state index >= 15 is 0 Å². The molecule has 0 spiro atoms. The van der Waals surface area contributed by atoms with Crippen molar-refractivity contribution < 1.29 is 22.7 Å². The lowest BCUT2D eigenvalue weighted by atomic mass is 10.1. The molecule has 7 heteroatoms. The predicted molar refractivity (Wildman–Crippen MR) is 67.0 cm³/mol. The Morgan fingerprint density at radius 2 is 2.10 bits per heavy atom. The minimum Gasteiger partial charge on any atom is -0.406 e. The molecule has 0 aromatic heterocycles. The number of nitrogens with two attached hydrogens (primary N) is 1. The molecule has 4 nitrogen and oxygen atoms in total. The summed E-state index contributed by atoms with van der Waals surface area (Å²) in [4.78, 5) is 11.9. The third-order valence-corrected chi connectivity index (χ3v) is 2.79. The molecule has 1 amide bonds. The number of carbonyl (C=O) groups is 1. The van der Waals surface area contributed by atoms with E-state index < -0.39 is 6.36 Å². The number of hydrogen-bond donors (Lipinski definition) is 2. The maximum atomic E-state index is 12.1.